The summed E-state index contributed by atoms with van der Waals surface area (Å²) in [5.74, 6) is -1.56. The van der Waals surface area contributed by atoms with Crippen LogP contribution < -0.4 is 5.32 Å². The Kier molecular flexibility index (Phi) is 24.5. The number of carbonyl (C=O) groups is 1. The van der Waals surface area contributed by atoms with Crippen molar-refractivity contribution in [1.82, 2.24) is 5.32 Å². The van der Waals surface area contributed by atoms with Crippen LogP contribution in [-0.2, 0) is 14.9 Å². The molecule has 39 heavy (non-hydrogen) atoms. The molecule has 0 saturated carbocycles. The smallest absolute Gasteiger partial charge is 0.267 e. The van der Waals surface area contributed by atoms with E-state index >= 15 is 0 Å². The zero-order valence-corrected chi connectivity index (χ0v) is 25.4. The second-order valence-electron chi connectivity index (χ2n) is 10.5. The highest BCUT2D eigenvalue weighted by molar-refractivity contribution is 7.85. The van der Waals surface area contributed by atoms with Gasteiger partial charge in [0.2, 0.25) is 5.91 Å². The summed E-state index contributed by atoms with van der Waals surface area (Å²) in [5.41, 5.74) is 0. The Bertz CT molecular complexity index is 778. The van der Waals surface area contributed by atoms with Gasteiger partial charge in [0.15, 0.2) is 0 Å². The number of nitrogens with one attached hydrogen (secondary N) is 1. The molecule has 0 bridgehead atoms. The predicted octanol–water partition coefficient (Wildman–Crippen LogP) is 6.81. The number of aliphatic hydroxyl groups is 2. The lowest BCUT2D eigenvalue weighted by Crippen LogP contribution is -2.50. The van der Waals surface area contributed by atoms with Gasteiger partial charge in [0.25, 0.3) is 10.1 Å². The van der Waals surface area contributed by atoms with Crippen molar-refractivity contribution in [2.75, 3.05) is 5.75 Å². The summed E-state index contributed by atoms with van der Waals surface area (Å²) in [6.07, 6.45) is 28.1. The first-order valence-corrected chi connectivity index (χ1v) is 16.9. The number of rotatable bonds is 26. The molecule has 8 heteroatoms. The van der Waals surface area contributed by atoms with E-state index < -0.39 is 40.0 Å². The number of hydrogen-bond donors (Lipinski definition) is 4. The number of aliphatic hydroxyl groups excluding tert-OH is 2. The van der Waals surface area contributed by atoms with Gasteiger partial charge in [-0.3, -0.25) is 9.35 Å². The summed E-state index contributed by atoms with van der Waals surface area (Å²) >= 11 is 0. The minimum absolute atomic E-state index is 0.266. The number of hydrogen-bond acceptors (Lipinski definition) is 5. The summed E-state index contributed by atoms with van der Waals surface area (Å²) in [6, 6.07) is -1.23. The van der Waals surface area contributed by atoms with E-state index in [1.807, 2.05) is 0 Å². The van der Waals surface area contributed by atoms with Crippen molar-refractivity contribution < 1.29 is 28.0 Å². The molecule has 0 aliphatic rings. The van der Waals surface area contributed by atoms with Gasteiger partial charge in [0, 0.05) is 0 Å². The molecule has 0 aliphatic carbocycles. The highest BCUT2D eigenvalue weighted by atomic mass is 32.2. The van der Waals surface area contributed by atoms with E-state index in [1.54, 1.807) is 6.08 Å². The van der Waals surface area contributed by atoms with Gasteiger partial charge >= 0.3 is 0 Å². The molecule has 228 valence electrons. The van der Waals surface area contributed by atoms with Crippen molar-refractivity contribution >= 4 is 16.0 Å². The second kappa shape index (κ2) is 25.5. The van der Waals surface area contributed by atoms with E-state index in [4.69, 9.17) is 0 Å². The lowest BCUT2D eigenvalue weighted by Gasteiger charge is -2.22. The molecule has 1 amide bonds. The highest BCUT2D eigenvalue weighted by Crippen LogP contribution is 2.12. The van der Waals surface area contributed by atoms with E-state index in [2.05, 4.69) is 43.5 Å². The fourth-order valence-electron chi connectivity index (χ4n) is 4.25. The SMILES string of the molecule is CCCCC/C=C\C/C=C\CCCCCCCCC(O)C(=O)NC(CS(=O)(=O)O)C(O)/C=C/CCCCCC. The Morgan fingerprint density at radius 1 is 0.718 bits per heavy atom. The maximum Gasteiger partial charge on any atom is 0.267 e. The third kappa shape index (κ3) is 25.2. The number of unbranched alkanes of at least 4 members (excludes halogenated alkanes) is 13. The van der Waals surface area contributed by atoms with Crippen LogP contribution in [0.15, 0.2) is 36.5 Å². The summed E-state index contributed by atoms with van der Waals surface area (Å²) in [5, 5.41) is 23.0. The molecule has 3 unspecified atom stereocenters. The fourth-order valence-corrected chi connectivity index (χ4v) is 4.98. The lowest BCUT2D eigenvalue weighted by atomic mass is 10.0. The Balaban J connectivity index is 4.13. The van der Waals surface area contributed by atoms with Crippen molar-refractivity contribution in [3.8, 4) is 0 Å². The van der Waals surface area contributed by atoms with Gasteiger partial charge in [0.05, 0.1) is 17.9 Å². The average molecular weight is 572 g/mol. The fraction of sp³-hybridized carbons (Fsp3) is 0.774. The molecule has 0 radical (unpaired) electrons. The molecular formula is C31H57NO6S. The zero-order valence-electron chi connectivity index (χ0n) is 24.6. The standard InChI is InChI=1S/C31H57NO6S/c1-3-5-7-9-11-12-13-14-15-16-17-18-19-20-22-24-26-30(34)31(35)32-28(27-39(36,37)38)29(33)25-23-21-10-8-6-4-2/h11-12,14-15,23,25,28-30,33-34H,3-10,13,16-22,24,26-27H2,1-2H3,(H,32,35)(H,36,37,38)/b12-11-,15-14-,25-23+. The van der Waals surface area contributed by atoms with Crippen molar-refractivity contribution in [3.05, 3.63) is 36.5 Å². The molecule has 4 N–H and O–H groups in total. The van der Waals surface area contributed by atoms with E-state index in [0.717, 1.165) is 77.0 Å². The molecule has 0 fully saturated rings. The maximum atomic E-state index is 12.4. The second-order valence-corrected chi connectivity index (χ2v) is 12.0. The third-order valence-electron chi connectivity index (χ3n) is 6.67. The maximum absolute atomic E-state index is 12.4. The van der Waals surface area contributed by atoms with Gasteiger partial charge in [-0.25, -0.2) is 0 Å². The number of carbonyl (C=O) groups excluding carboxylic acids is 1. The Morgan fingerprint density at radius 2 is 1.21 bits per heavy atom. The quantitative estimate of drug-likeness (QED) is 0.0514. The molecule has 3 atom stereocenters. The van der Waals surface area contributed by atoms with E-state index in [9.17, 15) is 28.0 Å². The van der Waals surface area contributed by atoms with Gasteiger partial charge < -0.3 is 15.5 Å². The Morgan fingerprint density at radius 3 is 1.79 bits per heavy atom. The van der Waals surface area contributed by atoms with Crippen LogP contribution in [0.4, 0.5) is 0 Å². The zero-order chi connectivity index (χ0) is 29.2. The first-order chi connectivity index (χ1) is 18.7. The molecule has 0 aromatic rings. The van der Waals surface area contributed by atoms with Crippen molar-refractivity contribution in [1.29, 1.82) is 0 Å². The van der Waals surface area contributed by atoms with Crippen LogP contribution in [0, 0.1) is 0 Å². The molecular weight excluding hydrogens is 514 g/mol. The van der Waals surface area contributed by atoms with Crippen molar-refractivity contribution in [3.63, 3.8) is 0 Å². The molecule has 0 saturated heterocycles. The lowest BCUT2D eigenvalue weighted by molar-refractivity contribution is -0.130. The molecule has 0 aliphatic heterocycles. The van der Waals surface area contributed by atoms with Crippen molar-refractivity contribution in [2.45, 2.75) is 148 Å². The van der Waals surface area contributed by atoms with Crippen LogP contribution >= 0.6 is 0 Å². The van der Waals surface area contributed by atoms with Crippen LogP contribution in [0.25, 0.3) is 0 Å². The van der Waals surface area contributed by atoms with E-state index in [1.165, 1.54) is 31.8 Å². The van der Waals surface area contributed by atoms with E-state index in [-0.39, 0.29) is 6.42 Å². The van der Waals surface area contributed by atoms with E-state index in [0.29, 0.717) is 6.42 Å². The topological polar surface area (TPSA) is 124 Å². The molecule has 0 aromatic carbocycles. The molecule has 0 aromatic heterocycles. The molecule has 7 nitrogen and oxygen atoms in total. The monoisotopic (exact) mass is 571 g/mol. The highest BCUT2D eigenvalue weighted by Gasteiger charge is 2.27. The number of allylic oxidation sites excluding steroid dienone is 5. The summed E-state index contributed by atoms with van der Waals surface area (Å²) in [4.78, 5) is 12.4. The van der Waals surface area contributed by atoms with Crippen LogP contribution in [0.1, 0.15) is 129 Å². The summed E-state index contributed by atoms with van der Waals surface area (Å²) < 4.78 is 32.0. The van der Waals surface area contributed by atoms with Crippen LogP contribution in [0.2, 0.25) is 0 Å². The summed E-state index contributed by atoms with van der Waals surface area (Å²) in [7, 11) is -4.42. The molecule has 0 spiro atoms. The average Bonchev–Trinajstić information content (AvgIpc) is 2.88. The van der Waals surface area contributed by atoms with Crippen LogP contribution in [0.3, 0.4) is 0 Å². The van der Waals surface area contributed by atoms with Gasteiger partial charge in [-0.2, -0.15) is 8.42 Å². The number of amides is 1. The summed E-state index contributed by atoms with van der Waals surface area (Å²) in [6.45, 7) is 4.34. The van der Waals surface area contributed by atoms with Gasteiger partial charge in [-0.05, 0) is 51.4 Å². The first-order valence-electron chi connectivity index (χ1n) is 15.3. The first kappa shape index (κ1) is 37.5. The molecule has 0 rings (SSSR count). The normalized spacial score (nSPS) is 14.9. The van der Waals surface area contributed by atoms with Crippen LogP contribution in [0.5, 0.6) is 0 Å². The largest absolute Gasteiger partial charge is 0.387 e. The Hall–Kier alpha value is -1.48. The minimum atomic E-state index is -4.42. The predicted molar refractivity (Wildman–Crippen MR) is 162 cm³/mol. The Labute approximate surface area is 239 Å². The van der Waals surface area contributed by atoms with Gasteiger partial charge in [0.1, 0.15) is 6.10 Å². The minimum Gasteiger partial charge on any atom is -0.387 e. The van der Waals surface area contributed by atoms with Crippen LogP contribution in [-0.4, -0.2) is 53.1 Å². The molecule has 0 heterocycles. The van der Waals surface area contributed by atoms with Gasteiger partial charge in [-0.1, -0.05) is 115 Å². The third-order valence-corrected chi connectivity index (χ3v) is 7.45. The van der Waals surface area contributed by atoms with Gasteiger partial charge in [-0.15, -0.1) is 0 Å². The van der Waals surface area contributed by atoms with Crippen molar-refractivity contribution in [2.24, 2.45) is 0 Å².